The van der Waals surface area contributed by atoms with E-state index in [9.17, 15) is 13.2 Å². The molecule has 0 aromatic heterocycles. The molecule has 1 aliphatic rings. The van der Waals surface area contributed by atoms with Gasteiger partial charge >= 0.3 is 0 Å². The SMILES string of the molecule is Cl.O=C1CCCN1CCCS(=O)(=O)O. The zero-order valence-electron chi connectivity index (χ0n) is 7.68. The fourth-order valence-electron chi connectivity index (χ4n) is 1.38. The first-order chi connectivity index (χ1) is 5.99. The van der Waals surface area contributed by atoms with Crippen molar-refractivity contribution in [3.05, 3.63) is 0 Å². The lowest BCUT2D eigenvalue weighted by Crippen LogP contribution is -2.27. The zero-order valence-corrected chi connectivity index (χ0v) is 9.31. The number of halogens is 1. The van der Waals surface area contributed by atoms with Gasteiger partial charge in [0.05, 0.1) is 5.75 Å². The highest BCUT2D eigenvalue weighted by molar-refractivity contribution is 7.85. The summed E-state index contributed by atoms with van der Waals surface area (Å²) < 4.78 is 29.1. The minimum absolute atomic E-state index is 0. The summed E-state index contributed by atoms with van der Waals surface area (Å²) in [7, 11) is -3.87. The number of nitrogens with zero attached hydrogens (tertiary/aromatic N) is 1. The van der Waals surface area contributed by atoms with Gasteiger partial charge in [-0.05, 0) is 12.8 Å². The molecule has 14 heavy (non-hydrogen) atoms. The van der Waals surface area contributed by atoms with E-state index in [-0.39, 0.29) is 24.1 Å². The average Bonchev–Trinajstić information content (AvgIpc) is 2.34. The van der Waals surface area contributed by atoms with E-state index < -0.39 is 10.1 Å². The average molecular weight is 244 g/mol. The lowest BCUT2D eigenvalue weighted by atomic mass is 10.4. The topological polar surface area (TPSA) is 74.7 Å². The van der Waals surface area contributed by atoms with Crippen molar-refractivity contribution in [1.82, 2.24) is 4.90 Å². The van der Waals surface area contributed by atoms with Crippen LogP contribution in [0.4, 0.5) is 0 Å². The second kappa shape index (κ2) is 5.53. The summed E-state index contributed by atoms with van der Waals surface area (Å²) in [4.78, 5) is 12.7. The fourth-order valence-corrected chi connectivity index (χ4v) is 1.87. The highest BCUT2D eigenvalue weighted by Gasteiger charge is 2.19. The minimum Gasteiger partial charge on any atom is -0.343 e. The van der Waals surface area contributed by atoms with Gasteiger partial charge in [0.2, 0.25) is 5.91 Å². The van der Waals surface area contributed by atoms with Crippen LogP contribution in [0.3, 0.4) is 0 Å². The Labute approximate surface area is 89.6 Å². The van der Waals surface area contributed by atoms with Crippen LogP contribution < -0.4 is 0 Å². The van der Waals surface area contributed by atoms with Gasteiger partial charge in [-0.3, -0.25) is 9.35 Å². The quantitative estimate of drug-likeness (QED) is 0.721. The molecule has 1 saturated heterocycles. The summed E-state index contributed by atoms with van der Waals surface area (Å²) in [6.45, 7) is 1.14. The Kier molecular flexibility index (Phi) is 5.40. The minimum atomic E-state index is -3.87. The van der Waals surface area contributed by atoms with E-state index in [1.807, 2.05) is 0 Å². The van der Waals surface area contributed by atoms with Crippen LogP contribution in [0.2, 0.25) is 0 Å². The van der Waals surface area contributed by atoms with Crippen LogP contribution in [0.1, 0.15) is 19.3 Å². The summed E-state index contributed by atoms with van der Waals surface area (Å²) in [5.41, 5.74) is 0. The van der Waals surface area contributed by atoms with Crippen molar-refractivity contribution in [2.24, 2.45) is 0 Å². The Morgan fingerprint density at radius 3 is 2.50 bits per heavy atom. The monoisotopic (exact) mass is 243 g/mol. The standard InChI is InChI=1S/C7H13NO4S.ClH/c9-7-3-1-4-8(7)5-2-6-13(10,11)12;/h1-6H2,(H,10,11,12);1H. The molecule has 7 heteroatoms. The van der Waals surface area contributed by atoms with E-state index in [4.69, 9.17) is 4.55 Å². The Morgan fingerprint density at radius 2 is 2.07 bits per heavy atom. The number of hydrogen-bond donors (Lipinski definition) is 1. The van der Waals surface area contributed by atoms with Crippen molar-refractivity contribution < 1.29 is 17.8 Å². The number of amides is 1. The van der Waals surface area contributed by atoms with Crippen molar-refractivity contribution in [1.29, 1.82) is 0 Å². The summed E-state index contributed by atoms with van der Waals surface area (Å²) in [5.74, 6) is -0.188. The van der Waals surface area contributed by atoms with Crippen molar-refractivity contribution in [2.45, 2.75) is 19.3 Å². The first-order valence-electron chi connectivity index (χ1n) is 4.22. The van der Waals surface area contributed by atoms with Crippen molar-refractivity contribution in [3.63, 3.8) is 0 Å². The molecule has 84 valence electrons. The Morgan fingerprint density at radius 1 is 1.43 bits per heavy atom. The van der Waals surface area contributed by atoms with Crippen LogP contribution in [-0.4, -0.2) is 42.6 Å². The molecule has 1 amide bonds. The Balaban J connectivity index is 0.00000169. The van der Waals surface area contributed by atoms with E-state index in [1.54, 1.807) is 4.90 Å². The molecule has 0 saturated carbocycles. The van der Waals surface area contributed by atoms with Crippen LogP contribution in [0.5, 0.6) is 0 Å². The van der Waals surface area contributed by atoms with Crippen LogP contribution in [0, 0.1) is 0 Å². The second-order valence-electron chi connectivity index (χ2n) is 3.12. The first-order valence-corrected chi connectivity index (χ1v) is 5.83. The van der Waals surface area contributed by atoms with Gasteiger partial charge in [-0.1, -0.05) is 0 Å². The molecule has 0 atom stereocenters. The van der Waals surface area contributed by atoms with Gasteiger partial charge in [0.15, 0.2) is 0 Å². The van der Waals surface area contributed by atoms with Gasteiger partial charge < -0.3 is 4.90 Å². The third-order valence-corrected chi connectivity index (χ3v) is 2.81. The number of hydrogen-bond acceptors (Lipinski definition) is 3. The lowest BCUT2D eigenvalue weighted by Gasteiger charge is -2.13. The van der Waals surface area contributed by atoms with Gasteiger partial charge in [0, 0.05) is 19.5 Å². The number of carbonyl (C=O) groups excluding carboxylic acids is 1. The largest absolute Gasteiger partial charge is 0.343 e. The molecule has 0 radical (unpaired) electrons. The smallest absolute Gasteiger partial charge is 0.264 e. The summed E-state index contributed by atoms with van der Waals surface area (Å²) in [6.07, 6.45) is 1.72. The van der Waals surface area contributed by atoms with E-state index in [0.717, 1.165) is 6.42 Å². The highest BCUT2D eigenvalue weighted by atomic mass is 35.5. The molecule has 1 aliphatic heterocycles. The van der Waals surface area contributed by atoms with E-state index >= 15 is 0 Å². The van der Waals surface area contributed by atoms with Gasteiger partial charge in [0.1, 0.15) is 0 Å². The Hall–Kier alpha value is -0.330. The van der Waals surface area contributed by atoms with Crippen LogP contribution in [0.15, 0.2) is 0 Å². The van der Waals surface area contributed by atoms with E-state index in [2.05, 4.69) is 0 Å². The van der Waals surface area contributed by atoms with Crippen LogP contribution in [0.25, 0.3) is 0 Å². The summed E-state index contributed by atoms with van der Waals surface area (Å²) >= 11 is 0. The summed E-state index contributed by atoms with van der Waals surface area (Å²) in [6, 6.07) is 0. The maximum Gasteiger partial charge on any atom is 0.264 e. The molecule has 5 nitrogen and oxygen atoms in total. The molecule has 0 spiro atoms. The molecule has 1 fully saturated rings. The molecular weight excluding hydrogens is 230 g/mol. The van der Waals surface area contributed by atoms with Gasteiger partial charge in [-0.2, -0.15) is 8.42 Å². The van der Waals surface area contributed by atoms with E-state index in [1.165, 1.54) is 0 Å². The zero-order chi connectivity index (χ0) is 9.90. The maximum atomic E-state index is 11.0. The van der Waals surface area contributed by atoms with Crippen LogP contribution >= 0.6 is 12.4 Å². The Bertz CT molecular complexity index is 290. The number of likely N-dealkylation sites (tertiary alicyclic amines) is 1. The third kappa shape index (κ3) is 4.78. The van der Waals surface area contributed by atoms with Crippen molar-refractivity contribution >= 4 is 28.4 Å². The summed E-state index contributed by atoms with van der Waals surface area (Å²) in [5, 5.41) is 0. The molecule has 0 unspecified atom stereocenters. The molecule has 0 aliphatic carbocycles. The molecule has 0 aromatic rings. The lowest BCUT2D eigenvalue weighted by molar-refractivity contribution is -0.127. The number of rotatable bonds is 4. The molecule has 1 heterocycles. The molecule has 1 rings (SSSR count). The normalized spacial score (nSPS) is 16.9. The molecule has 1 N–H and O–H groups in total. The third-order valence-electron chi connectivity index (χ3n) is 2.00. The fraction of sp³-hybridized carbons (Fsp3) is 0.857. The van der Waals surface area contributed by atoms with Crippen molar-refractivity contribution in [2.75, 3.05) is 18.8 Å². The number of carbonyl (C=O) groups is 1. The predicted octanol–water partition coefficient (Wildman–Crippen LogP) is 0.308. The van der Waals surface area contributed by atoms with Crippen molar-refractivity contribution in [3.8, 4) is 0 Å². The van der Waals surface area contributed by atoms with Crippen LogP contribution in [-0.2, 0) is 14.9 Å². The van der Waals surface area contributed by atoms with Gasteiger partial charge in [-0.15, -0.1) is 12.4 Å². The maximum absolute atomic E-state index is 11.0. The molecular formula is C7H14ClNO4S. The predicted molar refractivity (Wildman–Crippen MR) is 54.1 cm³/mol. The second-order valence-corrected chi connectivity index (χ2v) is 4.70. The van der Waals surface area contributed by atoms with Gasteiger partial charge in [0.25, 0.3) is 10.1 Å². The highest BCUT2D eigenvalue weighted by Crippen LogP contribution is 2.09. The first kappa shape index (κ1) is 13.7. The van der Waals surface area contributed by atoms with E-state index in [0.29, 0.717) is 25.9 Å². The molecule has 0 bridgehead atoms. The molecule has 0 aromatic carbocycles. The van der Waals surface area contributed by atoms with Gasteiger partial charge in [-0.25, -0.2) is 0 Å².